The van der Waals surface area contributed by atoms with Crippen LogP contribution in [-0.4, -0.2) is 43.7 Å². The van der Waals surface area contributed by atoms with Gasteiger partial charge in [-0.25, -0.2) is 19.3 Å². The molecule has 1 aliphatic rings. The van der Waals surface area contributed by atoms with E-state index in [0.29, 0.717) is 33.7 Å². The molecule has 0 atom stereocenters. The van der Waals surface area contributed by atoms with Crippen molar-refractivity contribution in [1.82, 2.24) is 14.6 Å². The average molecular weight is 401 g/mol. The van der Waals surface area contributed by atoms with Crippen LogP contribution in [0.3, 0.4) is 0 Å². The van der Waals surface area contributed by atoms with Crippen LogP contribution in [0.2, 0.25) is 0 Å². The summed E-state index contributed by atoms with van der Waals surface area (Å²) in [7, 11) is 1.26. The largest absolute Gasteiger partial charge is 0.508 e. The number of phenols is 2. The van der Waals surface area contributed by atoms with E-state index >= 15 is 0 Å². The summed E-state index contributed by atoms with van der Waals surface area (Å²) in [5, 5.41) is 27.2. The van der Waals surface area contributed by atoms with E-state index in [1.165, 1.54) is 25.3 Å². The van der Waals surface area contributed by atoms with Crippen LogP contribution in [0.15, 0.2) is 59.7 Å². The molecule has 0 saturated carbocycles. The van der Waals surface area contributed by atoms with E-state index in [0.717, 1.165) is 5.56 Å². The molecule has 9 heteroatoms. The molecule has 4 aromatic rings. The van der Waals surface area contributed by atoms with Gasteiger partial charge in [-0.2, -0.15) is 0 Å². The number of carbonyl (C=O) groups excluding carboxylic acids is 1. The minimum Gasteiger partial charge on any atom is -0.508 e. The number of benzene rings is 2. The van der Waals surface area contributed by atoms with Crippen molar-refractivity contribution in [3.8, 4) is 22.8 Å². The molecule has 3 heterocycles. The highest BCUT2D eigenvalue weighted by molar-refractivity contribution is 6.22. The van der Waals surface area contributed by atoms with E-state index in [1.54, 1.807) is 16.8 Å². The number of hydrogen-bond donors (Lipinski definition) is 3. The first-order chi connectivity index (χ1) is 14.5. The van der Waals surface area contributed by atoms with E-state index in [2.05, 4.69) is 20.1 Å². The molecule has 0 bridgehead atoms. The number of nitrogens with zero attached hydrogens (tertiary/aromatic N) is 4. The standard InChI is InChI=1S/C21H15N5O4/c1-30-21(29)24-20-23-18-12-4-2-3-5-15(12)22-17(13-8-9-26(25-20)19(13)18)14-10-11(27)6-7-16(14)28/h2-10,27-28H,1H3,(H,24,25,29). The van der Waals surface area contributed by atoms with E-state index < -0.39 is 6.09 Å². The Morgan fingerprint density at radius 3 is 2.73 bits per heavy atom. The molecule has 2 aromatic carbocycles. The second-order valence-electron chi connectivity index (χ2n) is 6.60. The Labute approximate surface area is 169 Å². The monoisotopic (exact) mass is 401 g/mol. The molecular formula is C21H15N5O4. The van der Waals surface area contributed by atoms with Crippen molar-refractivity contribution >= 4 is 29.0 Å². The fourth-order valence-corrected chi connectivity index (χ4v) is 3.47. The molecule has 148 valence electrons. The van der Waals surface area contributed by atoms with Crippen molar-refractivity contribution in [2.75, 3.05) is 12.4 Å². The zero-order valence-corrected chi connectivity index (χ0v) is 15.7. The summed E-state index contributed by atoms with van der Waals surface area (Å²) >= 11 is 0. The second-order valence-corrected chi connectivity index (χ2v) is 6.60. The lowest BCUT2D eigenvalue weighted by Gasteiger charge is -2.09. The number of nitrogens with one attached hydrogen (secondary N) is 1. The van der Waals surface area contributed by atoms with Crippen molar-refractivity contribution in [2.24, 2.45) is 4.99 Å². The fourth-order valence-electron chi connectivity index (χ4n) is 3.47. The highest BCUT2D eigenvalue weighted by atomic mass is 16.5. The van der Waals surface area contributed by atoms with Gasteiger partial charge in [0.25, 0.3) is 5.95 Å². The van der Waals surface area contributed by atoms with E-state index in [-0.39, 0.29) is 17.4 Å². The molecule has 0 unspecified atom stereocenters. The van der Waals surface area contributed by atoms with Crippen molar-refractivity contribution < 1.29 is 19.7 Å². The van der Waals surface area contributed by atoms with Crippen LogP contribution >= 0.6 is 0 Å². The molecule has 0 radical (unpaired) electrons. The third-order valence-electron chi connectivity index (χ3n) is 4.79. The van der Waals surface area contributed by atoms with Gasteiger partial charge in [0.05, 0.1) is 18.5 Å². The number of amides is 1. The Bertz CT molecular complexity index is 1360. The topological polar surface area (TPSA) is 121 Å². The molecule has 0 saturated heterocycles. The zero-order chi connectivity index (χ0) is 20.8. The van der Waals surface area contributed by atoms with Crippen LogP contribution in [0.25, 0.3) is 16.8 Å². The number of aromatic hydroxyl groups is 2. The van der Waals surface area contributed by atoms with Crippen LogP contribution in [0.4, 0.5) is 16.4 Å². The van der Waals surface area contributed by atoms with Crippen LogP contribution in [0, 0.1) is 0 Å². The normalized spacial score (nSPS) is 12.1. The number of anilines is 1. The number of aromatic nitrogens is 3. The predicted octanol–water partition coefficient (Wildman–Crippen LogP) is 3.47. The number of para-hydroxylation sites is 1. The van der Waals surface area contributed by atoms with Crippen LogP contribution in [0.5, 0.6) is 11.5 Å². The van der Waals surface area contributed by atoms with Crippen molar-refractivity contribution in [3.05, 3.63) is 65.9 Å². The van der Waals surface area contributed by atoms with Gasteiger partial charge in [0, 0.05) is 22.9 Å². The Balaban J connectivity index is 1.83. The van der Waals surface area contributed by atoms with Crippen molar-refractivity contribution in [3.63, 3.8) is 0 Å². The summed E-state index contributed by atoms with van der Waals surface area (Å²) in [6, 6.07) is 13.5. The maximum absolute atomic E-state index is 11.7. The smallest absolute Gasteiger partial charge is 0.413 e. The maximum Gasteiger partial charge on any atom is 0.413 e. The number of rotatable bonds is 2. The van der Waals surface area contributed by atoms with E-state index in [1.807, 2.05) is 24.3 Å². The Morgan fingerprint density at radius 1 is 1.07 bits per heavy atom. The number of phenolic OH excluding ortho intramolecular Hbond substituents is 2. The first kappa shape index (κ1) is 17.7. The number of carbonyl (C=O) groups is 1. The van der Waals surface area contributed by atoms with Crippen LogP contribution < -0.4 is 5.32 Å². The SMILES string of the molecule is COC(=O)Nc1nc2c3c(ccn3n1)C(c1cc(O)ccc1O)=Nc1ccccc1-2. The van der Waals surface area contributed by atoms with Gasteiger partial charge in [0.1, 0.15) is 22.7 Å². The summed E-state index contributed by atoms with van der Waals surface area (Å²) in [6.07, 6.45) is 1.03. The molecule has 1 aliphatic heterocycles. The average Bonchev–Trinajstić information content (AvgIpc) is 3.11. The van der Waals surface area contributed by atoms with E-state index in [9.17, 15) is 15.0 Å². The zero-order valence-electron chi connectivity index (χ0n) is 15.7. The molecule has 0 aliphatic carbocycles. The molecule has 0 spiro atoms. The van der Waals surface area contributed by atoms with Gasteiger partial charge >= 0.3 is 6.09 Å². The summed E-state index contributed by atoms with van der Waals surface area (Å²) in [5.41, 5.74) is 4.08. The predicted molar refractivity (Wildman–Crippen MR) is 110 cm³/mol. The second kappa shape index (κ2) is 6.59. The molecule has 1 amide bonds. The highest BCUT2D eigenvalue weighted by Gasteiger charge is 2.25. The lowest BCUT2D eigenvalue weighted by atomic mass is 10.0. The summed E-state index contributed by atoms with van der Waals surface area (Å²) in [5.74, 6) is 0.0641. The van der Waals surface area contributed by atoms with Gasteiger partial charge < -0.3 is 14.9 Å². The molecule has 3 N–H and O–H groups in total. The third kappa shape index (κ3) is 2.72. The Kier molecular flexibility index (Phi) is 3.88. The summed E-state index contributed by atoms with van der Waals surface area (Å²) in [4.78, 5) is 21.0. The third-order valence-corrected chi connectivity index (χ3v) is 4.79. The minimum atomic E-state index is -0.683. The first-order valence-corrected chi connectivity index (χ1v) is 9.00. The highest BCUT2D eigenvalue weighted by Crippen LogP contribution is 2.39. The van der Waals surface area contributed by atoms with Gasteiger partial charge in [-0.1, -0.05) is 18.2 Å². The first-order valence-electron chi connectivity index (χ1n) is 9.00. The molecule has 2 aromatic heterocycles. The van der Waals surface area contributed by atoms with Gasteiger partial charge in [0.15, 0.2) is 0 Å². The number of fused-ring (bicyclic) bond motifs is 2. The maximum atomic E-state index is 11.7. The van der Waals surface area contributed by atoms with Crippen molar-refractivity contribution in [2.45, 2.75) is 0 Å². The number of ether oxygens (including phenoxy) is 1. The lowest BCUT2D eigenvalue weighted by Crippen LogP contribution is -2.15. The lowest BCUT2D eigenvalue weighted by molar-refractivity contribution is 0.186. The minimum absolute atomic E-state index is 0.00702. The van der Waals surface area contributed by atoms with E-state index in [4.69, 9.17) is 4.99 Å². The molecular weight excluding hydrogens is 386 g/mol. The number of aliphatic imine (C=N–C) groups is 1. The summed E-state index contributed by atoms with van der Waals surface area (Å²) in [6.45, 7) is 0. The van der Waals surface area contributed by atoms with Gasteiger partial charge in [0.2, 0.25) is 0 Å². The Morgan fingerprint density at radius 2 is 1.90 bits per heavy atom. The molecule has 5 rings (SSSR count). The number of hydrogen-bond acceptors (Lipinski definition) is 7. The number of methoxy groups -OCH3 is 1. The molecule has 9 nitrogen and oxygen atoms in total. The van der Waals surface area contributed by atoms with Crippen LogP contribution in [-0.2, 0) is 4.74 Å². The Hall–Kier alpha value is -4.40. The van der Waals surface area contributed by atoms with Gasteiger partial charge in [-0.3, -0.25) is 5.32 Å². The molecule has 0 fully saturated rings. The molecule has 30 heavy (non-hydrogen) atoms. The van der Waals surface area contributed by atoms with Crippen LogP contribution in [0.1, 0.15) is 11.1 Å². The van der Waals surface area contributed by atoms with Gasteiger partial charge in [-0.05, 0) is 30.3 Å². The van der Waals surface area contributed by atoms with Gasteiger partial charge in [-0.15, -0.1) is 5.10 Å². The summed E-state index contributed by atoms with van der Waals surface area (Å²) < 4.78 is 6.22. The van der Waals surface area contributed by atoms with Crippen molar-refractivity contribution in [1.29, 1.82) is 0 Å². The fraction of sp³-hybridized carbons (Fsp3) is 0.0476. The quantitative estimate of drug-likeness (QED) is 0.390.